The zero-order valence-electron chi connectivity index (χ0n) is 18.9. The minimum absolute atomic E-state index is 0.180. The SMILES string of the molecule is CC(C)(C)OC(=O)NC(Cc1ccccc1)C(=O)NCC(c1ccc(Cl)cc1Cl)S(C)(=O)=O. The van der Waals surface area contributed by atoms with Gasteiger partial charge in [0, 0.05) is 29.3 Å². The first-order valence-corrected chi connectivity index (χ1v) is 12.9. The fourth-order valence-corrected chi connectivity index (χ4v) is 4.74. The molecule has 0 saturated carbocycles. The highest BCUT2D eigenvalue weighted by molar-refractivity contribution is 7.91. The van der Waals surface area contributed by atoms with Gasteiger partial charge in [0.15, 0.2) is 9.84 Å². The Hall–Kier alpha value is -2.29. The van der Waals surface area contributed by atoms with Crippen LogP contribution < -0.4 is 10.6 Å². The molecule has 2 rings (SSSR count). The molecule has 2 aromatic rings. The number of hydrogen-bond acceptors (Lipinski definition) is 5. The quantitative estimate of drug-likeness (QED) is 0.545. The number of carbonyl (C=O) groups is 2. The van der Waals surface area contributed by atoms with Gasteiger partial charge in [-0.1, -0.05) is 59.6 Å². The van der Waals surface area contributed by atoms with Gasteiger partial charge in [0.1, 0.15) is 16.9 Å². The van der Waals surface area contributed by atoms with Crippen molar-refractivity contribution in [2.45, 2.75) is 44.1 Å². The van der Waals surface area contributed by atoms with Crippen LogP contribution in [0.1, 0.15) is 37.1 Å². The van der Waals surface area contributed by atoms with Crippen molar-refractivity contribution in [3.8, 4) is 0 Å². The van der Waals surface area contributed by atoms with Gasteiger partial charge in [-0.3, -0.25) is 4.79 Å². The largest absolute Gasteiger partial charge is 0.444 e. The van der Waals surface area contributed by atoms with Crippen molar-refractivity contribution in [3.05, 3.63) is 69.7 Å². The number of carbonyl (C=O) groups excluding carboxylic acids is 2. The lowest BCUT2D eigenvalue weighted by atomic mass is 10.1. The molecule has 0 bridgehead atoms. The number of halogens is 2. The van der Waals surface area contributed by atoms with Gasteiger partial charge in [-0.2, -0.15) is 0 Å². The summed E-state index contributed by atoms with van der Waals surface area (Å²) in [5, 5.41) is 4.67. The first-order chi connectivity index (χ1) is 15.3. The standard InChI is InChI=1S/C23H28Cl2N2O5S/c1-23(2,3)32-22(29)27-19(12-15-8-6-5-7-9-15)21(28)26-14-20(33(4,30)31)17-11-10-16(24)13-18(17)25/h5-11,13,19-20H,12,14H2,1-4H3,(H,26,28)(H,27,29). The lowest BCUT2D eigenvalue weighted by Gasteiger charge is -2.24. The monoisotopic (exact) mass is 514 g/mol. The van der Waals surface area contributed by atoms with Gasteiger partial charge in [0.05, 0.1) is 0 Å². The van der Waals surface area contributed by atoms with Crippen molar-refractivity contribution in [1.82, 2.24) is 10.6 Å². The van der Waals surface area contributed by atoms with Crippen molar-refractivity contribution in [2.24, 2.45) is 0 Å². The van der Waals surface area contributed by atoms with E-state index in [0.29, 0.717) is 10.6 Å². The number of amides is 2. The van der Waals surface area contributed by atoms with Crippen LogP contribution in [0, 0.1) is 0 Å². The molecular formula is C23H28Cl2N2O5S. The van der Waals surface area contributed by atoms with Gasteiger partial charge in [0.2, 0.25) is 5.91 Å². The summed E-state index contributed by atoms with van der Waals surface area (Å²) in [5.41, 5.74) is 0.391. The van der Waals surface area contributed by atoms with Crippen LogP contribution in [0.15, 0.2) is 48.5 Å². The molecule has 2 atom stereocenters. The zero-order chi connectivity index (χ0) is 24.8. The molecule has 0 aliphatic rings. The summed E-state index contributed by atoms with van der Waals surface area (Å²) in [7, 11) is -3.63. The van der Waals surface area contributed by atoms with E-state index in [0.717, 1.165) is 11.8 Å². The summed E-state index contributed by atoms with van der Waals surface area (Å²) in [5.74, 6) is -0.552. The molecule has 0 aromatic heterocycles. The lowest BCUT2D eigenvalue weighted by Crippen LogP contribution is -2.50. The van der Waals surface area contributed by atoms with Crippen LogP contribution in [0.4, 0.5) is 4.79 Å². The van der Waals surface area contributed by atoms with Crippen molar-refractivity contribution < 1.29 is 22.7 Å². The van der Waals surface area contributed by atoms with Crippen LogP contribution in [0.3, 0.4) is 0 Å². The Labute approximate surface area is 204 Å². The molecule has 0 spiro atoms. The maximum absolute atomic E-state index is 13.0. The molecule has 0 fully saturated rings. The molecule has 180 valence electrons. The van der Waals surface area contributed by atoms with Gasteiger partial charge in [-0.25, -0.2) is 13.2 Å². The summed E-state index contributed by atoms with van der Waals surface area (Å²) in [6.45, 7) is 4.91. The fourth-order valence-electron chi connectivity index (χ4n) is 3.08. The molecular weight excluding hydrogens is 487 g/mol. The Bertz CT molecular complexity index is 1090. The van der Waals surface area contributed by atoms with E-state index in [1.54, 1.807) is 20.8 Å². The minimum Gasteiger partial charge on any atom is -0.444 e. The first-order valence-electron chi connectivity index (χ1n) is 10.2. The second kappa shape index (κ2) is 11.2. The molecule has 0 saturated heterocycles. The van der Waals surface area contributed by atoms with Crippen LogP contribution in [-0.4, -0.2) is 44.9 Å². The molecule has 0 aliphatic heterocycles. The predicted molar refractivity (Wildman–Crippen MR) is 130 cm³/mol. The van der Waals surface area contributed by atoms with E-state index in [2.05, 4.69) is 10.6 Å². The zero-order valence-corrected chi connectivity index (χ0v) is 21.2. The number of ether oxygens (including phenoxy) is 1. The molecule has 2 unspecified atom stereocenters. The second-order valence-electron chi connectivity index (χ2n) is 8.62. The third-order valence-corrected chi connectivity index (χ3v) is 6.59. The topological polar surface area (TPSA) is 102 Å². The molecule has 0 radical (unpaired) electrons. The number of rotatable bonds is 8. The number of hydrogen-bond donors (Lipinski definition) is 2. The molecule has 7 nitrogen and oxygen atoms in total. The summed E-state index contributed by atoms with van der Waals surface area (Å²) >= 11 is 12.1. The van der Waals surface area contributed by atoms with Crippen molar-refractivity contribution in [1.29, 1.82) is 0 Å². The molecule has 0 aliphatic carbocycles. The molecule has 2 amide bonds. The Kier molecular flexibility index (Phi) is 9.17. The maximum atomic E-state index is 13.0. The summed E-state index contributed by atoms with van der Waals surface area (Å²) < 4.78 is 30.2. The normalized spacial score (nSPS) is 13.6. The number of benzene rings is 2. The molecule has 33 heavy (non-hydrogen) atoms. The highest BCUT2D eigenvalue weighted by atomic mass is 35.5. The summed E-state index contributed by atoms with van der Waals surface area (Å²) in [6.07, 6.45) is 0.505. The van der Waals surface area contributed by atoms with E-state index >= 15 is 0 Å². The predicted octanol–water partition coefficient (Wildman–Crippen LogP) is 4.33. The first kappa shape index (κ1) is 27.0. The smallest absolute Gasteiger partial charge is 0.408 e. The van der Waals surface area contributed by atoms with Gasteiger partial charge in [0.25, 0.3) is 0 Å². The van der Waals surface area contributed by atoms with Crippen LogP contribution in [0.5, 0.6) is 0 Å². The van der Waals surface area contributed by atoms with Crippen molar-refractivity contribution in [2.75, 3.05) is 12.8 Å². The highest BCUT2D eigenvalue weighted by Gasteiger charge is 2.29. The number of sulfone groups is 1. The Morgan fingerprint density at radius 1 is 1.06 bits per heavy atom. The second-order valence-corrected chi connectivity index (χ2v) is 11.7. The third-order valence-electron chi connectivity index (χ3n) is 4.58. The van der Waals surface area contributed by atoms with Gasteiger partial charge in [-0.15, -0.1) is 0 Å². The van der Waals surface area contributed by atoms with Gasteiger partial charge in [-0.05, 0) is 44.0 Å². The summed E-state index contributed by atoms with van der Waals surface area (Å²) in [4.78, 5) is 25.3. The molecule has 10 heteroatoms. The van der Waals surface area contributed by atoms with Crippen LogP contribution >= 0.6 is 23.2 Å². The van der Waals surface area contributed by atoms with Crippen molar-refractivity contribution in [3.63, 3.8) is 0 Å². The summed E-state index contributed by atoms with van der Waals surface area (Å²) in [6, 6.07) is 12.6. The number of nitrogens with one attached hydrogen (secondary N) is 2. The maximum Gasteiger partial charge on any atom is 0.408 e. The van der Waals surface area contributed by atoms with Crippen LogP contribution in [-0.2, 0) is 25.8 Å². The van der Waals surface area contributed by atoms with E-state index in [1.165, 1.54) is 18.2 Å². The molecule has 2 N–H and O–H groups in total. The Morgan fingerprint density at radius 2 is 1.70 bits per heavy atom. The molecule has 2 aromatic carbocycles. The Balaban J connectivity index is 2.22. The van der Waals surface area contributed by atoms with E-state index in [4.69, 9.17) is 27.9 Å². The van der Waals surface area contributed by atoms with E-state index in [1.807, 2.05) is 30.3 Å². The number of alkyl carbamates (subject to hydrolysis) is 1. The van der Waals surface area contributed by atoms with Crippen molar-refractivity contribution >= 4 is 45.0 Å². The fraction of sp³-hybridized carbons (Fsp3) is 0.391. The third kappa shape index (κ3) is 8.87. The average molecular weight is 515 g/mol. The van der Waals surface area contributed by atoms with Gasteiger partial charge >= 0.3 is 6.09 Å². The Morgan fingerprint density at radius 3 is 2.24 bits per heavy atom. The van der Waals surface area contributed by atoms with E-state index in [9.17, 15) is 18.0 Å². The lowest BCUT2D eigenvalue weighted by molar-refractivity contribution is -0.123. The van der Waals surface area contributed by atoms with Gasteiger partial charge < -0.3 is 15.4 Å². The van der Waals surface area contributed by atoms with Crippen LogP contribution in [0.2, 0.25) is 10.0 Å². The molecule has 0 heterocycles. The minimum atomic E-state index is -3.63. The van der Waals surface area contributed by atoms with Crippen LogP contribution in [0.25, 0.3) is 0 Å². The van der Waals surface area contributed by atoms with E-state index < -0.39 is 38.7 Å². The average Bonchev–Trinajstić information content (AvgIpc) is 2.67. The van der Waals surface area contributed by atoms with E-state index in [-0.39, 0.29) is 18.0 Å². The highest BCUT2D eigenvalue weighted by Crippen LogP contribution is 2.30.